The van der Waals surface area contributed by atoms with Crippen LogP contribution in [0, 0.1) is 17.3 Å². The van der Waals surface area contributed by atoms with Crippen LogP contribution in [0.1, 0.15) is 63.9 Å². The quantitative estimate of drug-likeness (QED) is 0.347. The molecule has 3 aliphatic rings. The van der Waals surface area contributed by atoms with E-state index in [1.807, 2.05) is 20.8 Å². The molecule has 4 amide bonds. The molecule has 6 rings (SSSR count). The molecular weight excluding hydrogens is 566 g/mol. The van der Waals surface area contributed by atoms with Crippen LogP contribution in [0.15, 0.2) is 35.4 Å². The van der Waals surface area contributed by atoms with E-state index < -0.39 is 29.1 Å². The Hall–Kier alpha value is -4.99. The van der Waals surface area contributed by atoms with Crippen molar-refractivity contribution in [2.45, 2.75) is 58.1 Å². The third-order valence-corrected chi connectivity index (χ3v) is 8.40. The highest BCUT2D eigenvalue weighted by atomic mass is 16.6. The monoisotopic (exact) mass is 599 g/mol. The van der Waals surface area contributed by atoms with Crippen molar-refractivity contribution in [1.82, 2.24) is 29.3 Å². The van der Waals surface area contributed by atoms with Gasteiger partial charge in [-0.05, 0) is 64.2 Å². The summed E-state index contributed by atoms with van der Waals surface area (Å²) in [4.78, 5) is 75.0. The van der Waals surface area contributed by atoms with Crippen molar-refractivity contribution in [1.29, 1.82) is 0 Å². The first kappa shape index (κ1) is 29.1. The number of carbonyl (C=O) groups is 4. The molecule has 1 aromatic carbocycles. The van der Waals surface area contributed by atoms with Gasteiger partial charge in [0.25, 0.3) is 0 Å². The number of amides is 4. The van der Waals surface area contributed by atoms with Crippen LogP contribution < -0.4 is 15.9 Å². The van der Waals surface area contributed by atoms with Gasteiger partial charge in [0.15, 0.2) is 0 Å². The Kier molecular flexibility index (Phi) is 7.02. The topological polar surface area (TPSA) is 149 Å². The molecule has 13 heteroatoms. The van der Waals surface area contributed by atoms with Crippen LogP contribution in [-0.4, -0.2) is 73.1 Å². The lowest BCUT2D eigenvalue weighted by atomic mass is 9.85. The first-order valence-electron chi connectivity index (χ1n) is 14.5. The minimum Gasteiger partial charge on any atom is -0.444 e. The van der Waals surface area contributed by atoms with Crippen molar-refractivity contribution < 1.29 is 23.9 Å². The predicted octanol–water partition coefficient (Wildman–Crippen LogP) is 1.87. The number of aryl methyl sites for hydroxylation is 1. The summed E-state index contributed by atoms with van der Waals surface area (Å²) < 4.78 is 8.36. The Morgan fingerprint density at radius 3 is 2.48 bits per heavy atom. The van der Waals surface area contributed by atoms with E-state index in [0.717, 1.165) is 0 Å². The first-order chi connectivity index (χ1) is 20.8. The summed E-state index contributed by atoms with van der Waals surface area (Å²) in [6.45, 7) is 6.76. The number of benzene rings is 1. The van der Waals surface area contributed by atoms with Gasteiger partial charge in [0.05, 0.1) is 34.5 Å². The SMILES string of the molecule is Cn1c(=O)n(C2CCC(=O)NC2=O)c2ccc(C#Cc3ncc(N4CCC5(CCN(C(=O)OC(C)(C)C)C5)C4=O)cn3)cc21. The molecule has 0 aliphatic carbocycles. The number of fused-ring (bicyclic) bond motifs is 1. The number of imidazole rings is 1. The molecule has 1 N–H and O–H groups in total. The maximum Gasteiger partial charge on any atom is 0.410 e. The van der Waals surface area contributed by atoms with E-state index in [1.54, 1.807) is 47.4 Å². The predicted molar refractivity (Wildman–Crippen MR) is 158 cm³/mol. The fraction of sp³-hybridized carbons (Fsp3) is 0.452. The van der Waals surface area contributed by atoms with Gasteiger partial charge in [0.2, 0.25) is 23.5 Å². The van der Waals surface area contributed by atoms with Gasteiger partial charge < -0.3 is 14.5 Å². The number of ether oxygens (including phenoxy) is 1. The molecular formula is C31H33N7O6. The number of rotatable bonds is 2. The molecule has 0 saturated carbocycles. The molecule has 228 valence electrons. The summed E-state index contributed by atoms with van der Waals surface area (Å²) in [6.07, 6.45) is 4.37. The number of likely N-dealkylation sites (tertiary alicyclic amines) is 1. The smallest absolute Gasteiger partial charge is 0.410 e. The second-order valence-corrected chi connectivity index (χ2v) is 12.5. The average molecular weight is 600 g/mol. The summed E-state index contributed by atoms with van der Waals surface area (Å²) in [7, 11) is 1.62. The maximum atomic E-state index is 13.5. The molecule has 3 fully saturated rings. The van der Waals surface area contributed by atoms with Crippen molar-refractivity contribution in [3.05, 3.63) is 52.5 Å². The van der Waals surface area contributed by atoms with E-state index in [2.05, 4.69) is 27.1 Å². The number of hydrogen-bond donors (Lipinski definition) is 1. The Morgan fingerprint density at radius 1 is 1.05 bits per heavy atom. The Balaban J connectivity index is 1.16. The third kappa shape index (κ3) is 5.21. The summed E-state index contributed by atoms with van der Waals surface area (Å²) >= 11 is 0. The number of imide groups is 1. The summed E-state index contributed by atoms with van der Waals surface area (Å²) in [6, 6.07) is 4.47. The number of aromatic nitrogens is 4. The second-order valence-electron chi connectivity index (χ2n) is 12.5. The van der Waals surface area contributed by atoms with Crippen LogP contribution in [0.4, 0.5) is 10.5 Å². The number of anilines is 1. The summed E-state index contributed by atoms with van der Waals surface area (Å²) in [5, 5.41) is 2.30. The van der Waals surface area contributed by atoms with Gasteiger partial charge in [-0.3, -0.25) is 28.8 Å². The van der Waals surface area contributed by atoms with Crippen LogP contribution in [0.5, 0.6) is 0 Å². The summed E-state index contributed by atoms with van der Waals surface area (Å²) in [5.74, 6) is 5.33. The van der Waals surface area contributed by atoms with Crippen molar-refractivity contribution in [2.75, 3.05) is 24.5 Å². The fourth-order valence-corrected chi connectivity index (χ4v) is 6.12. The van der Waals surface area contributed by atoms with Gasteiger partial charge in [-0.2, -0.15) is 0 Å². The molecule has 2 atom stereocenters. The number of nitrogens with one attached hydrogen (secondary N) is 1. The van der Waals surface area contributed by atoms with E-state index in [0.29, 0.717) is 54.8 Å². The minimum absolute atomic E-state index is 0.0471. The lowest BCUT2D eigenvalue weighted by Crippen LogP contribution is -2.44. The number of carbonyl (C=O) groups excluding carboxylic acids is 4. The normalized spacial score (nSPS) is 22.0. The van der Waals surface area contributed by atoms with Crippen LogP contribution >= 0.6 is 0 Å². The van der Waals surface area contributed by atoms with Gasteiger partial charge >= 0.3 is 11.8 Å². The molecule has 2 aromatic heterocycles. The Labute approximate surface area is 253 Å². The number of piperidine rings is 1. The van der Waals surface area contributed by atoms with Crippen LogP contribution in [-0.2, 0) is 26.2 Å². The zero-order valence-electron chi connectivity index (χ0n) is 25.0. The lowest BCUT2D eigenvalue weighted by molar-refractivity contribution is -0.135. The van der Waals surface area contributed by atoms with E-state index in [9.17, 15) is 24.0 Å². The third-order valence-electron chi connectivity index (χ3n) is 8.40. The zero-order valence-corrected chi connectivity index (χ0v) is 25.0. The van der Waals surface area contributed by atoms with Crippen molar-refractivity contribution in [3.63, 3.8) is 0 Å². The molecule has 5 heterocycles. The molecule has 44 heavy (non-hydrogen) atoms. The lowest BCUT2D eigenvalue weighted by Gasteiger charge is -2.26. The highest BCUT2D eigenvalue weighted by Gasteiger charge is 2.52. The number of nitrogens with zero attached hydrogens (tertiary/aromatic N) is 6. The van der Waals surface area contributed by atoms with E-state index in [-0.39, 0.29) is 36.2 Å². The average Bonchev–Trinajstić information content (AvgIpc) is 3.62. The zero-order chi connectivity index (χ0) is 31.4. The van der Waals surface area contributed by atoms with E-state index >= 15 is 0 Å². The highest BCUT2D eigenvalue weighted by Crippen LogP contribution is 2.42. The Bertz CT molecular complexity index is 1820. The second kappa shape index (κ2) is 10.6. The number of hydrogen-bond acceptors (Lipinski definition) is 8. The van der Waals surface area contributed by atoms with E-state index in [1.165, 1.54) is 9.13 Å². The van der Waals surface area contributed by atoms with Crippen molar-refractivity contribution in [3.8, 4) is 11.8 Å². The molecule has 0 bridgehead atoms. The van der Waals surface area contributed by atoms with Gasteiger partial charge in [-0.1, -0.05) is 5.92 Å². The van der Waals surface area contributed by atoms with Crippen LogP contribution in [0.25, 0.3) is 11.0 Å². The van der Waals surface area contributed by atoms with Gasteiger partial charge in [0, 0.05) is 38.7 Å². The Morgan fingerprint density at radius 2 is 1.77 bits per heavy atom. The summed E-state index contributed by atoms with van der Waals surface area (Å²) in [5.41, 5.74) is 0.768. The molecule has 13 nitrogen and oxygen atoms in total. The molecule has 3 aliphatic heterocycles. The largest absolute Gasteiger partial charge is 0.444 e. The van der Waals surface area contributed by atoms with E-state index in [4.69, 9.17) is 4.74 Å². The molecule has 3 saturated heterocycles. The van der Waals surface area contributed by atoms with Crippen molar-refractivity contribution >= 4 is 40.5 Å². The van der Waals surface area contributed by atoms with Gasteiger partial charge in [0.1, 0.15) is 11.6 Å². The maximum absolute atomic E-state index is 13.5. The first-order valence-corrected chi connectivity index (χ1v) is 14.5. The highest BCUT2D eigenvalue weighted by molar-refractivity contribution is 6.01. The van der Waals surface area contributed by atoms with Gasteiger partial charge in [-0.15, -0.1) is 0 Å². The van der Waals surface area contributed by atoms with Crippen LogP contribution in [0.3, 0.4) is 0 Å². The standard InChI is InChI=1S/C31H33N7O6/c1-30(2,3)44-29(43)36-13-11-31(18-36)12-14-37(27(31)41)20-16-32-24(33-17-20)9-6-19-5-7-21-23(15-19)35(4)28(42)38(21)22-8-10-25(39)34-26(22)40/h5,7,15-17,22H,8,10-14,18H2,1-4H3,(H,34,39,40). The fourth-order valence-electron chi connectivity index (χ4n) is 6.12. The van der Waals surface area contributed by atoms with Gasteiger partial charge in [-0.25, -0.2) is 19.6 Å². The van der Waals surface area contributed by atoms with Crippen LogP contribution in [0.2, 0.25) is 0 Å². The molecule has 0 radical (unpaired) electrons. The van der Waals surface area contributed by atoms with Crippen molar-refractivity contribution in [2.24, 2.45) is 12.5 Å². The molecule has 2 unspecified atom stereocenters. The molecule has 3 aromatic rings. The minimum atomic E-state index is -0.761. The molecule has 1 spiro atoms.